The van der Waals surface area contributed by atoms with Gasteiger partial charge in [-0.2, -0.15) is 0 Å². The molecule has 2 heterocycles. The van der Waals surface area contributed by atoms with Gasteiger partial charge in [-0.15, -0.1) is 0 Å². The summed E-state index contributed by atoms with van der Waals surface area (Å²) in [6, 6.07) is 0. The fourth-order valence-electron chi connectivity index (χ4n) is 7.78. The van der Waals surface area contributed by atoms with Crippen molar-refractivity contribution in [2.24, 2.45) is 0 Å². The molecule has 0 amide bonds. The molecule has 0 aromatic heterocycles. The molecule has 0 bridgehead atoms. The first-order valence-electron chi connectivity index (χ1n) is 24.9. The maximum Gasteiger partial charge on any atom is 0.306 e. The molecular formula is C49H88O15. The highest BCUT2D eigenvalue weighted by molar-refractivity contribution is 5.70. The lowest BCUT2D eigenvalue weighted by molar-refractivity contribution is -0.332. The smallest absolute Gasteiger partial charge is 0.306 e. The number of aliphatic hydroxyl groups is 7. The van der Waals surface area contributed by atoms with Crippen molar-refractivity contribution < 1.29 is 73.8 Å². The Bertz CT molecular complexity index is 1220. The van der Waals surface area contributed by atoms with E-state index >= 15 is 0 Å². The largest absolute Gasteiger partial charge is 0.462 e. The van der Waals surface area contributed by atoms with Gasteiger partial charge in [-0.05, 0) is 44.9 Å². The first-order valence-corrected chi connectivity index (χ1v) is 24.9. The summed E-state index contributed by atoms with van der Waals surface area (Å²) in [6.07, 6.45) is 19.3. The van der Waals surface area contributed by atoms with E-state index < -0.39 is 92.7 Å². The van der Waals surface area contributed by atoms with Gasteiger partial charge in [0.1, 0.15) is 55.4 Å². The molecule has 2 aliphatic heterocycles. The number of carbonyl (C=O) groups excluding carboxylic acids is 2. The van der Waals surface area contributed by atoms with Crippen LogP contribution in [-0.4, -0.2) is 142 Å². The molecule has 2 rings (SSSR count). The number of aliphatic hydroxyl groups excluding tert-OH is 7. The van der Waals surface area contributed by atoms with Crippen LogP contribution >= 0.6 is 0 Å². The molecule has 4 unspecified atom stereocenters. The highest BCUT2D eigenvalue weighted by Crippen LogP contribution is 2.26. The Morgan fingerprint density at radius 2 is 0.938 bits per heavy atom. The number of hydrogen-bond acceptors (Lipinski definition) is 15. The van der Waals surface area contributed by atoms with Gasteiger partial charge in [-0.25, -0.2) is 0 Å². The van der Waals surface area contributed by atoms with E-state index in [0.717, 1.165) is 44.9 Å². The number of ether oxygens (including phenoxy) is 6. The van der Waals surface area contributed by atoms with Crippen LogP contribution < -0.4 is 0 Å². The third-order valence-corrected chi connectivity index (χ3v) is 11.9. The summed E-state index contributed by atoms with van der Waals surface area (Å²) in [5, 5.41) is 72.0. The van der Waals surface area contributed by atoms with E-state index in [1.54, 1.807) is 0 Å². The maximum absolute atomic E-state index is 13.0. The maximum atomic E-state index is 13.0. The van der Waals surface area contributed by atoms with Crippen LogP contribution in [0.5, 0.6) is 0 Å². The van der Waals surface area contributed by atoms with E-state index in [9.17, 15) is 45.3 Å². The Morgan fingerprint density at radius 3 is 1.48 bits per heavy atom. The molecule has 0 aromatic carbocycles. The molecule has 0 spiro atoms. The minimum absolute atomic E-state index is 0.162. The quantitative estimate of drug-likeness (QED) is 0.0203. The molecule has 7 N–H and O–H groups in total. The lowest BCUT2D eigenvalue weighted by Gasteiger charge is -2.42. The van der Waals surface area contributed by atoms with Crippen LogP contribution in [0.3, 0.4) is 0 Å². The van der Waals surface area contributed by atoms with E-state index in [0.29, 0.717) is 12.8 Å². The molecule has 374 valence electrons. The fraction of sp³-hybridized carbons (Fsp3) is 0.878. The summed E-state index contributed by atoms with van der Waals surface area (Å²) in [5.74, 6) is -0.958. The normalized spacial score (nSPS) is 26.8. The summed E-state index contributed by atoms with van der Waals surface area (Å²) >= 11 is 0. The molecule has 2 aliphatic rings. The zero-order valence-electron chi connectivity index (χ0n) is 39.3. The number of rotatable bonds is 38. The van der Waals surface area contributed by atoms with Crippen LogP contribution in [0.15, 0.2) is 24.3 Å². The van der Waals surface area contributed by atoms with Crippen molar-refractivity contribution in [1.82, 2.24) is 0 Å². The highest BCUT2D eigenvalue weighted by Gasteiger charge is 2.47. The number of hydrogen-bond donors (Lipinski definition) is 7. The van der Waals surface area contributed by atoms with Crippen molar-refractivity contribution in [2.45, 2.75) is 248 Å². The summed E-state index contributed by atoms with van der Waals surface area (Å²) in [6.45, 7) is 2.55. The molecule has 0 aromatic rings. The van der Waals surface area contributed by atoms with E-state index in [-0.39, 0.29) is 26.1 Å². The third kappa shape index (κ3) is 25.2. The minimum atomic E-state index is -1.77. The Morgan fingerprint density at radius 1 is 0.500 bits per heavy atom. The van der Waals surface area contributed by atoms with Gasteiger partial charge in [0.05, 0.1) is 19.8 Å². The lowest BCUT2D eigenvalue weighted by atomic mass is 9.98. The Kier molecular flexibility index (Phi) is 33.6. The van der Waals surface area contributed by atoms with Crippen molar-refractivity contribution in [1.29, 1.82) is 0 Å². The van der Waals surface area contributed by atoms with Crippen molar-refractivity contribution in [3.05, 3.63) is 24.3 Å². The van der Waals surface area contributed by atoms with Gasteiger partial charge in [0, 0.05) is 12.8 Å². The summed E-state index contributed by atoms with van der Waals surface area (Å²) < 4.78 is 33.5. The van der Waals surface area contributed by atoms with Crippen molar-refractivity contribution in [2.75, 3.05) is 26.4 Å². The van der Waals surface area contributed by atoms with Crippen molar-refractivity contribution >= 4 is 11.9 Å². The first kappa shape index (κ1) is 58.1. The number of allylic oxidation sites excluding steroid dienone is 4. The third-order valence-electron chi connectivity index (χ3n) is 11.9. The molecule has 0 saturated carbocycles. The van der Waals surface area contributed by atoms with Crippen LogP contribution in [0.4, 0.5) is 0 Å². The highest BCUT2D eigenvalue weighted by atomic mass is 16.7. The number of unbranched alkanes of at least 4 members (excludes halogenated alkanes) is 20. The Hall–Kier alpha value is -2.02. The second-order valence-corrected chi connectivity index (χ2v) is 17.6. The summed E-state index contributed by atoms with van der Waals surface area (Å²) in [7, 11) is 0. The van der Waals surface area contributed by atoms with E-state index in [1.165, 1.54) is 96.3 Å². The fourth-order valence-corrected chi connectivity index (χ4v) is 7.78. The number of carbonyl (C=O) groups is 2. The van der Waals surface area contributed by atoms with Crippen molar-refractivity contribution in [3.8, 4) is 0 Å². The van der Waals surface area contributed by atoms with Crippen LogP contribution in [0.2, 0.25) is 0 Å². The molecule has 2 fully saturated rings. The van der Waals surface area contributed by atoms with Gasteiger partial charge in [0.2, 0.25) is 0 Å². The molecule has 0 radical (unpaired) electrons. The zero-order valence-corrected chi connectivity index (χ0v) is 39.3. The predicted molar refractivity (Wildman–Crippen MR) is 243 cm³/mol. The molecule has 15 heteroatoms. The van der Waals surface area contributed by atoms with Crippen LogP contribution in [-0.2, 0) is 38.0 Å². The van der Waals surface area contributed by atoms with E-state index in [2.05, 4.69) is 38.2 Å². The average molecular weight is 917 g/mol. The average Bonchev–Trinajstić information content (AvgIpc) is 3.29. The van der Waals surface area contributed by atoms with Crippen LogP contribution in [0.25, 0.3) is 0 Å². The Labute approximate surface area is 383 Å². The summed E-state index contributed by atoms with van der Waals surface area (Å²) in [4.78, 5) is 25.7. The topological polar surface area (TPSA) is 231 Å². The summed E-state index contributed by atoms with van der Waals surface area (Å²) in [5.41, 5.74) is 0. The molecule has 11 atom stereocenters. The molecule has 2 saturated heterocycles. The van der Waals surface area contributed by atoms with Crippen LogP contribution in [0, 0.1) is 0 Å². The first-order chi connectivity index (χ1) is 31.0. The second kappa shape index (κ2) is 37.0. The van der Waals surface area contributed by atoms with Gasteiger partial charge < -0.3 is 64.2 Å². The molecule has 64 heavy (non-hydrogen) atoms. The van der Waals surface area contributed by atoms with Crippen molar-refractivity contribution in [3.63, 3.8) is 0 Å². The van der Waals surface area contributed by atoms with Gasteiger partial charge in [0.15, 0.2) is 18.7 Å². The van der Waals surface area contributed by atoms with E-state index in [1.807, 2.05) is 0 Å². The molecular weight excluding hydrogens is 829 g/mol. The van der Waals surface area contributed by atoms with E-state index in [4.69, 9.17) is 28.4 Å². The van der Waals surface area contributed by atoms with Gasteiger partial charge >= 0.3 is 11.9 Å². The molecule has 0 aliphatic carbocycles. The van der Waals surface area contributed by atoms with Crippen LogP contribution in [0.1, 0.15) is 181 Å². The monoisotopic (exact) mass is 917 g/mol. The predicted octanol–water partition coefficient (Wildman–Crippen LogP) is 6.38. The SMILES string of the molecule is CCCCCCCC/C=C/C/C=C/CCCCC(=O)OC[C@H](CO[C@@H]1O[C@H](CO[C@@H]2O[C@H](CO)[C@H](O)C(O)C2O)[C@H](O)C(O)C1O)OC(=O)CCCCCCCCCCCCCCC. The second-order valence-electron chi connectivity index (χ2n) is 17.6. The van der Waals surface area contributed by atoms with Gasteiger partial charge in [-0.3, -0.25) is 9.59 Å². The zero-order chi connectivity index (χ0) is 46.8. The minimum Gasteiger partial charge on any atom is -0.462 e. The lowest BCUT2D eigenvalue weighted by Crippen LogP contribution is -2.61. The van der Waals surface area contributed by atoms with Gasteiger partial charge in [-0.1, -0.05) is 147 Å². The number of esters is 2. The molecule has 15 nitrogen and oxygen atoms in total. The standard InChI is InChI=1S/C49H88O15/c1-3-5-7-9-11-13-15-17-18-20-21-23-25-27-29-31-40(51)59-34-37(62-41(52)32-30-28-26-24-22-19-16-14-12-10-8-6-4-2)35-60-48-47(58)45(56)43(54)39(64-48)36-61-49-46(57)44(55)42(53)38(33-50)63-49/h17-18,21,23,37-39,42-50,53-58H,3-16,19-20,22,24-36H2,1-2H3/b18-17+,23-21+/t37-,38-,39-,42+,43+,44?,45?,46?,47?,48-,49-/m1/s1. The Balaban J connectivity index is 1.84. The van der Waals surface area contributed by atoms with Gasteiger partial charge in [0.25, 0.3) is 0 Å².